The highest BCUT2D eigenvalue weighted by Crippen LogP contribution is 2.14. The molecule has 0 aliphatic rings. The number of nitrogens with zero attached hydrogens (tertiary/aromatic N) is 1. The molecule has 0 aromatic rings. The SMILES string of the molecule is CCCCCCCCCCCCCCCCCC(=O)OC(C)[N+](C)(C)CCO.COS(=O)(=O)[O-]. The number of aliphatic hydroxyl groups excluding tert-OH is 1. The Balaban J connectivity index is 0. The average Bonchev–Trinajstić information content (AvgIpc) is 2.76. The largest absolute Gasteiger partial charge is 0.726 e. The second-order valence-corrected chi connectivity index (χ2v) is 10.7. The van der Waals surface area contributed by atoms with E-state index in [9.17, 15) is 17.8 Å². The van der Waals surface area contributed by atoms with Crippen molar-refractivity contribution < 1.29 is 36.3 Å². The van der Waals surface area contributed by atoms with Crippen LogP contribution in [0, 0.1) is 0 Å². The predicted octanol–water partition coefficient (Wildman–Crippen LogP) is 5.30. The summed E-state index contributed by atoms with van der Waals surface area (Å²) in [5.41, 5.74) is 0. The molecule has 0 heterocycles. The summed E-state index contributed by atoms with van der Waals surface area (Å²) in [5.74, 6) is -0.105. The molecular formula is C25H53NO7S. The summed E-state index contributed by atoms with van der Waals surface area (Å²) in [5, 5.41) is 9.08. The minimum absolute atomic E-state index is 0.105. The first-order chi connectivity index (χ1) is 16.0. The molecule has 0 radical (unpaired) electrons. The van der Waals surface area contributed by atoms with Gasteiger partial charge >= 0.3 is 5.97 Å². The number of rotatable bonds is 21. The van der Waals surface area contributed by atoms with Gasteiger partial charge in [0.05, 0.1) is 27.8 Å². The standard InChI is InChI=1S/C24H50NO3.CH4O4S/c1-5-6-7-8-9-10-11-12-13-14-15-16-17-18-19-20-24(27)28-23(2)25(3,4)21-22-26;1-5-6(2,3)4/h23,26H,5-22H2,1-4H3;1H3,(H,2,3,4)/q+1;/p-1. The third-order valence-corrected chi connectivity index (χ3v) is 6.56. The summed E-state index contributed by atoms with van der Waals surface area (Å²) in [6.07, 6.45) is 20.2. The van der Waals surface area contributed by atoms with E-state index in [1.165, 1.54) is 83.5 Å². The number of esters is 1. The molecule has 0 aromatic heterocycles. The predicted molar refractivity (Wildman–Crippen MR) is 136 cm³/mol. The van der Waals surface area contributed by atoms with Crippen LogP contribution < -0.4 is 0 Å². The van der Waals surface area contributed by atoms with E-state index in [1.54, 1.807) is 0 Å². The maximum absolute atomic E-state index is 11.9. The van der Waals surface area contributed by atoms with E-state index in [0.717, 1.165) is 20.0 Å². The number of quaternary nitrogens is 1. The monoisotopic (exact) mass is 511 g/mol. The Bertz CT molecular complexity index is 568. The molecule has 0 amide bonds. The minimum Gasteiger partial charge on any atom is -0.726 e. The Labute approximate surface area is 209 Å². The van der Waals surface area contributed by atoms with Crippen molar-refractivity contribution in [2.24, 2.45) is 0 Å². The molecule has 1 N–H and O–H groups in total. The number of hydrogen-bond acceptors (Lipinski definition) is 7. The molecule has 0 bridgehead atoms. The van der Waals surface area contributed by atoms with Gasteiger partial charge < -0.3 is 14.4 Å². The van der Waals surface area contributed by atoms with Crippen LogP contribution in [0.3, 0.4) is 0 Å². The number of hydrogen-bond donors (Lipinski definition) is 1. The first-order valence-corrected chi connectivity index (χ1v) is 14.5. The Kier molecular flexibility index (Phi) is 23.7. The smallest absolute Gasteiger partial charge is 0.310 e. The van der Waals surface area contributed by atoms with Gasteiger partial charge in [-0.1, -0.05) is 96.8 Å². The van der Waals surface area contributed by atoms with E-state index >= 15 is 0 Å². The molecule has 0 spiro atoms. The quantitative estimate of drug-likeness (QED) is 0.0555. The molecule has 0 rings (SSSR count). The first-order valence-electron chi connectivity index (χ1n) is 13.1. The van der Waals surface area contributed by atoms with Gasteiger partial charge in [0.15, 0.2) is 0 Å². The summed E-state index contributed by atoms with van der Waals surface area (Å²) >= 11 is 0. The lowest BCUT2D eigenvalue weighted by molar-refractivity contribution is -0.932. The molecule has 0 saturated heterocycles. The average molecular weight is 512 g/mol. The lowest BCUT2D eigenvalue weighted by Gasteiger charge is -2.34. The van der Waals surface area contributed by atoms with Crippen molar-refractivity contribution in [2.45, 2.75) is 123 Å². The fourth-order valence-corrected chi connectivity index (χ4v) is 3.47. The van der Waals surface area contributed by atoms with E-state index in [1.807, 2.05) is 21.0 Å². The van der Waals surface area contributed by atoms with Crippen LogP contribution >= 0.6 is 0 Å². The van der Waals surface area contributed by atoms with Gasteiger partial charge in [0.25, 0.3) is 0 Å². The van der Waals surface area contributed by atoms with E-state index < -0.39 is 10.4 Å². The van der Waals surface area contributed by atoms with Crippen LogP contribution in [0.2, 0.25) is 0 Å². The summed E-state index contributed by atoms with van der Waals surface area (Å²) in [4.78, 5) is 11.9. The minimum atomic E-state index is -4.41. The number of carbonyl (C=O) groups excluding carboxylic acids is 1. The Morgan fingerprint density at radius 1 is 0.853 bits per heavy atom. The van der Waals surface area contributed by atoms with Crippen molar-refractivity contribution in [3.63, 3.8) is 0 Å². The van der Waals surface area contributed by atoms with E-state index in [2.05, 4.69) is 11.1 Å². The van der Waals surface area contributed by atoms with Crippen LogP contribution in [0.15, 0.2) is 0 Å². The first kappa shape index (κ1) is 35.4. The Morgan fingerprint density at radius 2 is 1.21 bits per heavy atom. The van der Waals surface area contributed by atoms with Gasteiger partial charge in [-0.3, -0.25) is 13.5 Å². The summed E-state index contributed by atoms with van der Waals surface area (Å²) in [7, 11) is 0.344. The normalized spacial score (nSPS) is 12.7. The lowest BCUT2D eigenvalue weighted by atomic mass is 10.0. The molecule has 0 aliphatic heterocycles. The van der Waals surface area contributed by atoms with E-state index in [0.29, 0.717) is 17.4 Å². The third-order valence-electron chi connectivity index (χ3n) is 6.15. The van der Waals surface area contributed by atoms with Gasteiger partial charge in [-0.2, -0.15) is 0 Å². The maximum atomic E-state index is 11.9. The highest BCUT2D eigenvalue weighted by Gasteiger charge is 2.26. The van der Waals surface area contributed by atoms with Gasteiger partial charge in [-0.05, 0) is 6.42 Å². The van der Waals surface area contributed by atoms with Crippen LogP contribution in [0.5, 0.6) is 0 Å². The van der Waals surface area contributed by atoms with Gasteiger partial charge in [-0.15, -0.1) is 0 Å². The number of ether oxygens (including phenoxy) is 1. The van der Waals surface area contributed by atoms with Gasteiger partial charge in [-0.25, -0.2) is 8.42 Å². The van der Waals surface area contributed by atoms with Crippen molar-refractivity contribution >= 4 is 16.4 Å². The zero-order chi connectivity index (χ0) is 26.3. The molecule has 1 unspecified atom stereocenters. The number of carbonyl (C=O) groups is 1. The molecule has 0 aromatic carbocycles. The zero-order valence-electron chi connectivity index (χ0n) is 22.6. The fourth-order valence-electron chi connectivity index (χ4n) is 3.47. The maximum Gasteiger partial charge on any atom is 0.310 e. The molecule has 1 atom stereocenters. The van der Waals surface area contributed by atoms with Crippen molar-refractivity contribution in [1.29, 1.82) is 0 Å². The molecule has 206 valence electrons. The lowest BCUT2D eigenvalue weighted by Crippen LogP contribution is -2.51. The molecule has 34 heavy (non-hydrogen) atoms. The summed E-state index contributed by atoms with van der Waals surface area (Å²) in [6.45, 7) is 4.87. The van der Waals surface area contributed by atoms with Gasteiger partial charge in [0, 0.05) is 13.3 Å². The van der Waals surface area contributed by atoms with Crippen molar-refractivity contribution in [3.8, 4) is 0 Å². The highest BCUT2D eigenvalue weighted by molar-refractivity contribution is 7.80. The molecule has 8 nitrogen and oxygen atoms in total. The number of unbranched alkanes of at least 4 members (excludes halogenated alkanes) is 14. The second kappa shape index (κ2) is 22.7. The van der Waals surface area contributed by atoms with Crippen molar-refractivity contribution in [2.75, 3.05) is 34.4 Å². The summed E-state index contributed by atoms with van der Waals surface area (Å²) in [6, 6.07) is 0. The molecule has 0 fully saturated rings. The molecule has 9 heteroatoms. The van der Waals surface area contributed by atoms with Gasteiger partial charge in [0.1, 0.15) is 6.54 Å². The summed E-state index contributed by atoms with van der Waals surface area (Å²) < 4.78 is 37.0. The molecule has 0 aliphatic carbocycles. The van der Waals surface area contributed by atoms with E-state index in [4.69, 9.17) is 9.84 Å². The fraction of sp³-hybridized carbons (Fsp3) is 0.960. The van der Waals surface area contributed by atoms with Crippen LogP contribution in [-0.2, 0) is 24.1 Å². The Hall–Kier alpha value is -0.740. The second-order valence-electron chi connectivity index (χ2n) is 9.59. The number of likely N-dealkylation sites (N-methyl/N-ethyl adjacent to an activating group) is 1. The number of aliphatic hydroxyl groups is 1. The topological polar surface area (TPSA) is 113 Å². The third kappa shape index (κ3) is 25.9. The van der Waals surface area contributed by atoms with Crippen LogP contribution in [0.4, 0.5) is 0 Å². The van der Waals surface area contributed by atoms with Crippen molar-refractivity contribution in [3.05, 3.63) is 0 Å². The highest BCUT2D eigenvalue weighted by atomic mass is 32.3. The van der Waals surface area contributed by atoms with Gasteiger partial charge in [0.2, 0.25) is 16.6 Å². The zero-order valence-corrected chi connectivity index (χ0v) is 23.4. The Morgan fingerprint density at radius 3 is 1.53 bits per heavy atom. The van der Waals surface area contributed by atoms with Crippen LogP contribution in [0.25, 0.3) is 0 Å². The van der Waals surface area contributed by atoms with Crippen LogP contribution in [-0.4, -0.2) is 69.1 Å². The van der Waals surface area contributed by atoms with Crippen molar-refractivity contribution in [1.82, 2.24) is 0 Å². The molecule has 0 saturated carbocycles. The van der Waals surface area contributed by atoms with Crippen LogP contribution in [0.1, 0.15) is 117 Å². The van der Waals surface area contributed by atoms with E-state index in [-0.39, 0.29) is 18.8 Å². The molecular weight excluding hydrogens is 458 g/mol.